The second-order valence-electron chi connectivity index (χ2n) is 5.99. The molecule has 1 saturated heterocycles. The van der Waals surface area contributed by atoms with Crippen LogP contribution in [0.4, 0.5) is 0 Å². The van der Waals surface area contributed by atoms with Crippen LogP contribution >= 0.6 is 12.4 Å². The predicted molar refractivity (Wildman–Crippen MR) is 97.7 cm³/mol. The Labute approximate surface area is 150 Å². The second kappa shape index (κ2) is 12.1. The van der Waals surface area contributed by atoms with Crippen molar-refractivity contribution < 1.29 is 14.3 Å². The summed E-state index contributed by atoms with van der Waals surface area (Å²) in [5, 5.41) is 6.35. The first-order valence-corrected chi connectivity index (χ1v) is 8.46. The van der Waals surface area contributed by atoms with Gasteiger partial charge >= 0.3 is 0 Å². The van der Waals surface area contributed by atoms with E-state index in [0.717, 1.165) is 30.8 Å². The Balaban J connectivity index is 0.00000288. The third-order valence-corrected chi connectivity index (χ3v) is 4.21. The normalized spacial score (nSPS) is 14.7. The molecule has 0 saturated carbocycles. The number of halogens is 1. The molecule has 1 aliphatic heterocycles. The molecule has 0 atom stereocenters. The van der Waals surface area contributed by atoms with E-state index in [1.807, 2.05) is 24.3 Å². The molecule has 136 valence electrons. The molecule has 0 aliphatic carbocycles. The molecule has 6 heteroatoms. The van der Waals surface area contributed by atoms with E-state index in [4.69, 9.17) is 9.47 Å². The highest BCUT2D eigenvalue weighted by Gasteiger charge is 2.14. The number of carbonyl (C=O) groups is 1. The van der Waals surface area contributed by atoms with Crippen LogP contribution in [0.25, 0.3) is 0 Å². The molecular formula is C18H29ClN2O3. The fraction of sp³-hybridized carbons (Fsp3) is 0.611. The fourth-order valence-electron chi connectivity index (χ4n) is 2.74. The molecule has 0 radical (unpaired) electrons. The molecule has 1 amide bonds. The summed E-state index contributed by atoms with van der Waals surface area (Å²) in [6.07, 6.45) is 4.01. The van der Waals surface area contributed by atoms with E-state index in [1.165, 1.54) is 12.8 Å². The van der Waals surface area contributed by atoms with Crippen LogP contribution in [0.5, 0.6) is 5.75 Å². The van der Waals surface area contributed by atoms with E-state index in [-0.39, 0.29) is 18.3 Å². The Morgan fingerprint density at radius 1 is 1.21 bits per heavy atom. The number of carbonyl (C=O) groups excluding carboxylic acids is 1. The number of piperidine rings is 1. The van der Waals surface area contributed by atoms with E-state index in [0.29, 0.717) is 32.1 Å². The Bertz CT molecular complexity index is 462. The average Bonchev–Trinajstić information content (AvgIpc) is 2.60. The summed E-state index contributed by atoms with van der Waals surface area (Å²) >= 11 is 0. The number of hydrogen-bond donors (Lipinski definition) is 2. The maximum absolute atomic E-state index is 11.9. The van der Waals surface area contributed by atoms with Crippen molar-refractivity contribution in [1.82, 2.24) is 10.6 Å². The lowest BCUT2D eigenvalue weighted by Gasteiger charge is -2.22. The zero-order chi connectivity index (χ0) is 16.3. The van der Waals surface area contributed by atoms with Crippen molar-refractivity contribution >= 4 is 18.3 Å². The third kappa shape index (κ3) is 7.99. The first kappa shape index (κ1) is 20.7. The molecule has 1 aromatic carbocycles. The Morgan fingerprint density at radius 3 is 2.58 bits per heavy atom. The van der Waals surface area contributed by atoms with E-state index in [1.54, 1.807) is 7.11 Å². The highest BCUT2D eigenvalue weighted by molar-refractivity contribution is 5.85. The maximum atomic E-state index is 11.9. The smallest absolute Gasteiger partial charge is 0.220 e. The molecule has 0 bridgehead atoms. The SMILES string of the molecule is COCCOc1ccc(CNC(=O)CCC2CCNCC2)cc1.Cl. The van der Waals surface area contributed by atoms with Gasteiger partial charge in [-0.3, -0.25) is 4.79 Å². The van der Waals surface area contributed by atoms with Crippen molar-refractivity contribution in [3.8, 4) is 5.75 Å². The average molecular weight is 357 g/mol. The monoisotopic (exact) mass is 356 g/mol. The van der Waals surface area contributed by atoms with Crippen LogP contribution < -0.4 is 15.4 Å². The first-order chi connectivity index (χ1) is 11.3. The van der Waals surface area contributed by atoms with Crippen molar-refractivity contribution in [2.75, 3.05) is 33.4 Å². The summed E-state index contributed by atoms with van der Waals surface area (Å²) in [4.78, 5) is 11.9. The van der Waals surface area contributed by atoms with Gasteiger partial charge in [0.25, 0.3) is 0 Å². The summed E-state index contributed by atoms with van der Waals surface area (Å²) in [6, 6.07) is 7.81. The van der Waals surface area contributed by atoms with Crippen LogP contribution in [0.3, 0.4) is 0 Å². The molecule has 0 unspecified atom stereocenters. The van der Waals surface area contributed by atoms with E-state index < -0.39 is 0 Å². The van der Waals surface area contributed by atoms with Gasteiger partial charge in [0.05, 0.1) is 6.61 Å². The van der Waals surface area contributed by atoms with Crippen LogP contribution in [0, 0.1) is 5.92 Å². The summed E-state index contributed by atoms with van der Waals surface area (Å²) in [6.45, 7) is 3.87. The van der Waals surface area contributed by atoms with Crippen molar-refractivity contribution in [3.05, 3.63) is 29.8 Å². The number of hydrogen-bond acceptors (Lipinski definition) is 4. The zero-order valence-electron chi connectivity index (χ0n) is 14.4. The topological polar surface area (TPSA) is 59.6 Å². The number of nitrogens with one attached hydrogen (secondary N) is 2. The largest absolute Gasteiger partial charge is 0.491 e. The number of amides is 1. The molecular weight excluding hydrogens is 328 g/mol. The predicted octanol–water partition coefficient (Wildman–Crippen LogP) is 2.53. The number of ether oxygens (including phenoxy) is 2. The van der Waals surface area contributed by atoms with E-state index in [2.05, 4.69) is 10.6 Å². The Morgan fingerprint density at radius 2 is 1.92 bits per heavy atom. The van der Waals surface area contributed by atoms with Gasteiger partial charge < -0.3 is 20.1 Å². The molecule has 1 heterocycles. The maximum Gasteiger partial charge on any atom is 0.220 e. The lowest BCUT2D eigenvalue weighted by Crippen LogP contribution is -2.29. The van der Waals surface area contributed by atoms with E-state index in [9.17, 15) is 4.79 Å². The minimum Gasteiger partial charge on any atom is -0.491 e. The molecule has 5 nitrogen and oxygen atoms in total. The van der Waals surface area contributed by atoms with Gasteiger partial charge in [0.15, 0.2) is 0 Å². The molecule has 2 N–H and O–H groups in total. The zero-order valence-corrected chi connectivity index (χ0v) is 15.2. The number of methoxy groups -OCH3 is 1. The van der Waals surface area contributed by atoms with Gasteiger partial charge in [-0.2, -0.15) is 0 Å². The third-order valence-electron chi connectivity index (χ3n) is 4.21. The molecule has 0 aromatic heterocycles. The summed E-state index contributed by atoms with van der Waals surface area (Å²) in [7, 11) is 1.65. The quantitative estimate of drug-likeness (QED) is 0.667. The van der Waals surface area contributed by atoms with Crippen molar-refractivity contribution in [3.63, 3.8) is 0 Å². The van der Waals surface area contributed by atoms with Gasteiger partial charge in [-0.1, -0.05) is 12.1 Å². The van der Waals surface area contributed by atoms with Crippen LogP contribution in [0.1, 0.15) is 31.2 Å². The molecule has 1 fully saturated rings. The number of rotatable bonds is 9. The molecule has 0 spiro atoms. The van der Waals surface area contributed by atoms with Gasteiger partial charge in [-0.15, -0.1) is 12.4 Å². The second-order valence-corrected chi connectivity index (χ2v) is 5.99. The summed E-state index contributed by atoms with van der Waals surface area (Å²) in [5.41, 5.74) is 1.08. The lowest BCUT2D eigenvalue weighted by atomic mass is 9.93. The van der Waals surface area contributed by atoms with Crippen LogP contribution in [0.15, 0.2) is 24.3 Å². The van der Waals surface area contributed by atoms with Crippen LogP contribution in [-0.4, -0.2) is 39.3 Å². The van der Waals surface area contributed by atoms with Gasteiger partial charge in [0, 0.05) is 20.1 Å². The minimum absolute atomic E-state index is 0. The van der Waals surface area contributed by atoms with Gasteiger partial charge in [-0.05, 0) is 56.0 Å². The molecule has 1 aliphatic rings. The van der Waals surface area contributed by atoms with Gasteiger partial charge in [0.1, 0.15) is 12.4 Å². The summed E-state index contributed by atoms with van der Waals surface area (Å²) in [5.74, 6) is 1.66. The van der Waals surface area contributed by atoms with Crippen molar-refractivity contribution in [1.29, 1.82) is 0 Å². The fourth-order valence-corrected chi connectivity index (χ4v) is 2.74. The minimum atomic E-state index is 0. The van der Waals surface area contributed by atoms with Crippen molar-refractivity contribution in [2.24, 2.45) is 5.92 Å². The van der Waals surface area contributed by atoms with Crippen LogP contribution in [0.2, 0.25) is 0 Å². The Kier molecular flexibility index (Phi) is 10.5. The number of benzene rings is 1. The molecule has 24 heavy (non-hydrogen) atoms. The Hall–Kier alpha value is -1.30. The summed E-state index contributed by atoms with van der Waals surface area (Å²) < 4.78 is 10.5. The highest BCUT2D eigenvalue weighted by Crippen LogP contribution is 2.17. The first-order valence-electron chi connectivity index (χ1n) is 8.46. The van der Waals surface area contributed by atoms with Crippen molar-refractivity contribution in [2.45, 2.75) is 32.2 Å². The van der Waals surface area contributed by atoms with Gasteiger partial charge in [0.2, 0.25) is 5.91 Å². The van der Waals surface area contributed by atoms with Gasteiger partial charge in [-0.25, -0.2) is 0 Å². The lowest BCUT2D eigenvalue weighted by molar-refractivity contribution is -0.121. The molecule has 1 aromatic rings. The van der Waals surface area contributed by atoms with E-state index >= 15 is 0 Å². The van der Waals surface area contributed by atoms with Crippen LogP contribution in [-0.2, 0) is 16.1 Å². The highest BCUT2D eigenvalue weighted by atomic mass is 35.5. The molecule has 2 rings (SSSR count). The standard InChI is InChI=1S/C18H28N2O3.ClH/c1-22-12-13-23-17-5-2-16(3-6-17)14-20-18(21)7-4-15-8-10-19-11-9-15;/h2-3,5-6,15,19H,4,7-14H2,1H3,(H,20,21);1H.